The van der Waals surface area contributed by atoms with E-state index in [1.54, 1.807) is 29.1 Å². The molecule has 5 aromatic rings. The highest BCUT2D eigenvalue weighted by Gasteiger charge is 2.44. The topological polar surface area (TPSA) is 220 Å². The lowest BCUT2D eigenvalue weighted by molar-refractivity contribution is -0.136. The van der Waals surface area contributed by atoms with Gasteiger partial charge in [-0.3, -0.25) is 34.2 Å². The van der Waals surface area contributed by atoms with Crippen LogP contribution < -0.4 is 21.3 Å². The van der Waals surface area contributed by atoms with Crippen molar-refractivity contribution >= 4 is 69.4 Å². The van der Waals surface area contributed by atoms with Crippen molar-refractivity contribution in [2.24, 2.45) is 7.05 Å². The fourth-order valence-corrected chi connectivity index (χ4v) is 8.23. The third-order valence-corrected chi connectivity index (χ3v) is 11.7. The molecule has 0 bridgehead atoms. The molecule has 3 aliphatic rings. The summed E-state index contributed by atoms with van der Waals surface area (Å²) in [7, 11) is 1.86. The van der Waals surface area contributed by atoms with Crippen molar-refractivity contribution in [1.29, 1.82) is 0 Å². The van der Waals surface area contributed by atoms with E-state index >= 15 is 0 Å². The fraction of sp³-hybridized carbons (Fsp3) is 0.404. The Hall–Kier alpha value is -6.80. The molecule has 19 nitrogen and oxygen atoms in total. The predicted octanol–water partition coefficient (Wildman–Crippen LogP) is 4.32. The summed E-state index contributed by atoms with van der Waals surface area (Å²) in [5, 5.41) is 17.7. The summed E-state index contributed by atoms with van der Waals surface area (Å²) in [6.07, 6.45) is 3.00. The van der Waals surface area contributed by atoms with Gasteiger partial charge < -0.3 is 39.8 Å². The second-order valence-electron chi connectivity index (χ2n) is 16.3. The number of para-hydroxylation sites is 1. The van der Waals surface area contributed by atoms with Crippen molar-refractivity contribution in [2.75, 3.05) is 81.9 Å². The van der Waals surface area contributed by atoms with E-state index in [2.05, 4.69) is 69.5 Å². The number of fused-ring (bicyclic) bond motifs is 3. The summed E-state index contributed by atoms with van der Waals surface area (Å²) >= 11 is 0. The molecule has 4 N–H and O–H groups in total. The highest BCUT2D eigenvalue weighted by Crippen LogP contribution is 2.31. The van der Waals surface area contributed by atoms with Gasteiger partial charge in [0.25, 0.3) is 11.8 Å². The van der Waals surface area contributed by atoms with Crippen molar-refractivity contribution in [3.05, 3.63) is 94.2 Å². The number of carbonyl (C=O) groups is 5. The molecule has 1 atom stereocenters. The average molecular weight is 903 g/mol. The van der Waals surface area contributed by atoms with Gasteiger partial charge in [0.15, 0.2) is 11.5 Å². The number of rotatable bonds is 21. The lowest BCUT2D eigenvalue weighted by Gasteiger charge is -2.29. The molecule has 8 rings (SSSR count). The number of hydrogen-bond donors (Lipinski definition) is 4. The number of anilines is 5. The van der Waals surface area contributed by atoms with Crippen molar-refractivity contribution in [1.82, 2.24) is 34.9 Å². The number of ether oxygens (including phenoxy) is 4. The van der Waals surface area contributed by atoms with Gasteiger partial charge in [-0.2, -0.15) is 10.1 Å². The number of amides is 5. The first-order chi connectivity index (χ1) is 32.0. The molecule has 1 unspecified atom stereocenters. The molecule has 1 saturated heterocycles. The van der Waals surface area contributed by atoms with Crippen LogP contribution in [0.4, 0.5) is 28.8 Å². The van der Waals surface area contributed by atoms with Gasteiger partial charge in [0, 0.05) is 56.4 Å². The molecule has 5 amide bonds. The second-order valence-corrected chi connectivity index (χ2v) is 16.3. The summed E-state index contributed by atoms with van der Waals surface area (Å²) in [6.45, 7) is 8.74. The van der Waals surface area contributed by atoms with Crippen LogP contribution >= 0.6 is 0 Å². The maximum absolute atomic E-state index is 13.1. The summed E-state index contributed by atoms with van der Waals surface area (Å²) in [4.78, 5) is 75.0. The Labute approximate surface area is 381 Å². The summed E-state index contributed by atoms with van der Waals surface area (Å²) in [5.41, 5.74) is 8.17. The van der Waals surface area contributed by atoms with Gasteiger partial charge in [0.2, 0.25) is 23.7 Å². The van der Waals surface area contributed by atoms with Crippen LogP contribution in [0.2, 0.25) is 0 Å². The summed E-state index contributed by atoms with van der Waals surface area (Å²) in [6, 6.07) is 16.2. The molecular formula is C47H54N10O9. The van der Waals surface area contributed by atoms with Crippen molar-refractivity contribution in [3.63, 3.8) is 0 Å². The molecule has 0 aliphatic carbocycles. The minimum Gasteiger partial charge on any atom is -0.383 e. The van der Waals surface area contributed by atoms with Gasteiger partial charge >= 0.3 is 0 Å². The molecule has 0 spiro atoms. The molecule has 3 aliphatic heterocycles. The van der Waals surface area contributed by atoms with Gasteiger partial charge in [-0.05, 0) is 79.3 Å². The first-order valence-electron chi connectivity index (χ1n) is 22.1. The van der Waals surface area contributed by atoms with E-state index in [0.717, 1.165) is 44.8 Å². The van der Waals surface area contributed by atoms with Crippen LogP contribution in [0.25, 0.3) is 11.0 Å². The van der Waals surface area contributed by atoms with Crippen molar-refractivity contribution in [3.8, 4) is 0 Å². The van der Waals surface area contributed by atoms with Crippen LogP contribution in [0, 0.1) is 13.8 Å². The fourth-order valence-electron chi connectivity index (χ4n) is 8.23. The quantitative estimate of drug-likeness (QED) is 0.0595. The first-order valence-corrected chi connectivity index (χ1v) is 22.1. The highest BCUT2D eigenvalue weighted by atomic mass is 16.6. The van der Waals surface area contributed by atoms with Gasteiger partial charge in [-0.1, -0.05) is 24.3 Å². The maximum atomic E-state index is 13.1. The number of benzene rings is 3. The minimum atomic E-state index is -1.00. The van der Waals surface area contributed by atoms with Crippen LogP contribution in [0.15, 0.2) is 60.8 Å². The number of carbonyl (C=O) groups excluding carboxylic acids is 5. The molecule has 5 heterocycles. The van der Waals surface area contributed by atoms with Crippen molar-refractivity contribution < 1.29 is 42.9 Å². The van der Waals surface area contributed by atoms with E-state index < -0.39 is 29.7 Å². The SMILES string of the molecule is Cc1cccc(C)c1Nc1nn(C)c2nc(Nc3ccc4c(c3)CN(C(=O)CCOCCOCCOCCOCCNc3ccc5c(c3)C(=O)N(C3CCC(=O)NC3=O)C5=O)CC4)ncc12. The van der Waals surface area contributed by atoms with E-state index in [9.17, 15) is 24.0 Å². The van der Waals surface area contributed by atoms with Gasteiger partial charge in [-0.15, -0.1) is 0 Å². The van der Waals surface area contributed by atoms with E-state index in [1.165, 1.54) is 5.56 Å². The van der Waals surface area contributed by atoms with Crippen LogP contribution in [-0.2, 0) is 53.3 Å². The molecule has 19 heteroatoms. The highest BCUT2D eigenvalue weighted by molar-refractivity contribution is 6.23. The second kappa shape index (κ2) is 21.0. The Morgan fingerprint density at radius 1 is 0.788 bits per heavy atom. The number of aryl methyl sites for hydroxylation is 3. The Bertz CT molecular complexity index is 2610. The van der Waals surface area contributed by atoms with Crippen LogP contribution in [0.3, 0.4) is 0 Å². The largest absolute Gasteiger partial charge is 0.383 e. The number of nitrogens with zero attached hydrogens (tertiary/aromatic N) is 6. The zero-order valence-corrected chi connectivity index (χ0v) is 37.3. The molecule has 0 saturated carbocycles. The number of imide groups is 2. The summed E-state index contributed by atoms with van der Waals surface area (Å²) < 4.78 is 24.2. The monoisotopic (exact) mass is 902 g/mol. The van der Waals surface area contributed by atoms with E-state index in [-0.39, 0.29) is 36.3 Å². The van der Waals surface area contributed by atoms with Crippen molar-refractivity contribution in [2.45, 2.75) is 52.1 Å². The number of hydrogen-bond acceptors (Lipinski definition) is 15. The molecule has 1 fully saturated rings. The van der Waals surface area contributed by atoms with Gasteiger partial charge in [0.1, 0.15) is 6.04 Å². The normalized spacial score (nSPS) is 15.8. The smallest absolute Gasteiger partial charge is 0.262 e. The average Bonchev–Trinajstić information content (AvgIpc) is 3.75. The Kier molecular flexibility index (Phi) is 14.6. The Morgan fingerprint density at radius 2 is 1.48 bits per heavy atom. The van der Waals surface area contributed by atoms with Crippen LogP contribution in [0.1, 0.15) is 62.2 Å². The van der Waals surface area contributed by atoms with E-state index in [4.69, 9.17) is 23.9 Å². The number of piperidine rings is 1. The zero-order chi connectivity index (χ0) is 46.2. The molecule has 0 radical (unpaired) electrons. The maximum Gasteiger partial charge on any atom is 0.262 e. The Balaban J connectivity index is 0.662. The van der Waals surface area contributed by atoms with E-state index in [1.807, 2.05) is 24.1 Å². The standard InChI is InChI=1S/C47H54N10O9/c1-29-5-4-6-30(2)41(29)52-42-37-27-49-47(53-43(37)55(3)54-42)50-34-8-7-31-13-16-56(28-32(31)25-34)40(59)14-17-63-19-21-65-23-24-66-22-20-64-18-15-48-33-9-10-35-36(26-33)46(62)57(45(35)61)38-11-12-39(58)51-44(38)60/h4-10,25-27,38,48H,11-24,28H2,1-3H3,(H,52,54)(H,49,50,53)(H,51,58,60). The predicted molar refractivity (Wildman–Crippen MR) is 244 cm³/mol. The third kappa shape index (κ3) is 10.7. The number of aromatic nitrogens is 4. The minimum absolute atomic E-state index is 0.0409. The molecule has 66 heavy (non-hydrogen) atoms. The lowest BCUT2D eigenvalue weighted by atomic mass is 9.99. The third-order valence-electron chi connectivity index (χ3n) is 11.7. The molecule has 3 aromatic carbocycles. The zero-order valence-electron chi connectivity index (χ0n) is 37.3. The van der Waals surface area contributed by atoms with Crippen LogP contribution in [0.5, 0.6) is 0 Å². The number of nitrogens with one attached hydrogen (secondary N) is 4. The van der Waals surface area contributed by atoms with E-state index in [0.29, 0.717) is 95.6 Å². The van der Waals surface area contributed by atoms with Gasteiger partial charge in [-0.25, -0.2) is 9.67 Å². The van der Waals surface area contributed by atoms with Crippen LogP contribution in [-0.4, -0.2) is 131 Å². The molecular weight excluding hydrogens is 849 g/mol. The first kappa shape index (κ1) is 45.8. The summed E-state index contributed by atoms with van der Waals surface area (Å²) in [5.74, 6) is -0.968. The molecule has 346 valence electrons. The Morgan fingerprint density at radius 3 is 2.23 bits per heavy atom. The van der Waals surface area contributed by atoms with Gasteiger partial charge in [0.05, 0.1) is 75.8 Å². The lowest BCUT2D eigenvalue weighted by Crippen LogP contribution is -2.54. The molecule has 2 aromatic heterocycles.